The Labute approximate surface area is 114 Å². The topological polar surface area (TPSA) is 111 Å². The highest BCUT2D eigenvalue weighted by Gasteiger charge is 2.19. The molecule has 0 saturated heterocycles. The van der Waals surface area contributed by atoms with Gasteiger partial charge in [-0.1, -0.05) is 19.4 Å². The Hall–Kier alpha value is -1.69. The van der Waals surface area contributed by atoms with Crippen molar-refractivity contribution in [3.05, 3.63) is 11.8 Å². The predicted molar refractivity (Wildman–Crippen MR) is 76.5 cm³/mol. The molecule has 0 spiro atoms. The van der Waals surface area contributed by atoms with Crippen LogP contribution < -0.4 is 16.8 Å². The summed E-state index contributed by atoms with van der Waals surface area (Å²) in [5.41, 5.74) is 11.6. The summed E-state index contributed by atoms with van der Waals surface area (Å²) in [4.78, 5) is 26.8. The van der Waals surface area contributed by atoms with Crippen molar-refractivity contribution in [1.82, 2.24) is 5.32 Å². The Kier molecular flexibility index (Phi) is 8.44. The smallest absolute Gasteiger partial charge is 0.239 e. The predicted octanol–water partition coefficient (Wildman–Crippen LogP) is 0.469. The van der Waals surface area contributed by atoms with Gasteiger partial charge in [-0.3, -0.25) is 14.6 Å². The van der Waals surface area contributed by atoms with Gasteiger partial charge in [0.25, 0.3) is 0 Å². The third-order valence-corrected chi connectivity index (χ3v) is 2.56. The zero-order chi connectivity index (χ0) is 14.8. The lowest BCUT2D eigenvalue weighted by Gasteiger charge is -2.15. The largest absolute Gasteiger partial charge is 0.368 e. The number of nitrogens with one attached hydrogen (secondary N) is 1. The summed E-state index contributed by atoms with van der Waals surface area (Å²) < 4.78 is 0. The second-order valence-electron chi connectivity index (χ2n) is 4.32. The molecular weight excluding hydrogens is 244 g/mol. The van der Waals surface area contributed by atoms with Crippen LogP contribution in [0.15, 0.2) is 16.8 Å². The number of primary amides is 1. The van der Waals surface area contributed by atoms with Gasteiger partial charge in [-0.05, 0) is 20.3 Å². The molecule has 0 heterocycles. The van der Waals surface area contributed by atoms with Gasteiger partial charge < -0.3 is 16.8 Å². The molecule has 2 amide bonds. The van der Waals surface area contributed by atoms with Crippen LogP contribution in [-0.2, 0) is 9.59 Å². The molecule has 0 aromatic rings. The van der Waals surface area contributed by atoms with Crippen LogP contribution in [0.3, 0.4) is 0 Å². The minimum atomic E-state index is -0.744. The minimum Gasteiger partial charge on any atom is -0.368 e. The van der Waals surface area contributed by atoms with Gasteiger partial charge in [0.2, 0.25) is 11.8 Å². The van der Waals surface area contributed by atoms with Crippen molar-refractivity contribution in [2.24, 2.45) is 16.5 Å². The first kappa shape index (κ1) is 17.3. The van der Waals surface area contributed by atoms with Crippen molar-refractivity contribution in [2.75, 3.05) is 0 Å². The first-order valence-electron chi connectivity index (χ1n) is 6.45. The molecule has 0 aliphatic heterocycles. The minimum absolute atomic E-state index is 0.327. The monoisotopic (exact) mass is 268 g/mol. The summed E-state index contributed by atoms with van der Waals surface area (Å²) in [6.45, 7) is 5.42. The summed E-state index contributed by atoms with van der Waals surface area (Å²) in [5, 5.41) is 2.46. The molecule has 0 saturated carbocycles. The Morgan fingerprint density at radius 1 is 1.42 bits per heavy atom. The van der Waals surface area contributed by atoms with Crippen LogP contribution in [0.25, 0.3) is 0 Å². The normalized spacial score (nSPS) is 15.3. The molecular formula is C13H24N4O2. The average Bonchev–Trinajstić information content (AvgIpc) is 2.37. The van der Waals surface area contributed by atoms with E-state index in [2.05, 4.69) is 17.2 Å². The van der Waals surface area contributed by atoms with Gasteiger partial charge in [-0.2, -0.15) is 0 Å². The molecule has 0 aromatic carbocycles. The first-order chi connectivity index (χ1) is 8.92. The molecule has 5 N–H and O–H groups in total. The average molecular weight is 268 g/mol. The number of hydrogen-bond acceptors (Lipinski definition) is 4. The van der Waals surface area contributed by atoms with Crippen molar-refractivity contribution in [1.29, 1.82) is 0 Å². The number of nitrogens with zero attached hydrogens (tertiary/aromatic N) is 1. The van der Waals surface area contributed by atoms with E-state index in [1.54, 1.807) is 0 Å². The van der Waals surface area contributed by atoms with E-state index in [-0.39, 0.29) is 0 Å². The van der Waals surface area contributed by atoms with Crippen LogP contribution in [-0.4, -0.2) is 30.1 Å². The fourth-order valence-corrected chi connectivity index (χ4v) is 1.27. The van der Waals surface area contributed by atoms with Crippen LogP contribution >= 0.6 is 0 Å². The second-order valence-corrected chi connectivity index (χ2v) is 4.32. The summed E-state index contributed by atoms with van der Waals surface area (Å²) >= 11 is 0. The van der Waals surface area contributed by atoms with E-state index in [4.69, 9.17) is 11.5 Å². The van der Waals surface area contributed by atoms with Crippen molar-refractivity contribution in [2.45, 2.75) is 52.1 Å². The molecule has 2 unspecified atom stereocenters. The zero-order valence-electron chi connectivity index (χ0n) is 11.8. The molecule has 0 aliphatic rings. The number of nitrogens with two attached hydrogens (primary N) is 2. The third kappa shape index (κ3) is 7.35. The quantitative estimate of drug-likeness (QED) is 0.556. The highest BCUT2D eigenvalue weighted by atomic mass is 16.2. The zero-order valence-corrected chi connectivity index (χ0v) is 11.8. The summed E-state index contributed by atoms with van der Waals surface area (Å²) in [5.74, 6) is -0.996. The molecule has 2 atom stereocenters. The molecule has 6 nitrogen and oxygen atoms in total. The van der Waals surface area contributed by atoms with Crippen molar-refractivity contribution >= 4 is 18.0 Å². The summed E-state index contributed by atoms with van der Waals surface area (Å²) in [6, 6.07) is -1.47. The number of rotatable bonds is 8. The Balaban J connectivity index is 4.37. The lowest BCUT2D eigenvalue weighted by atomic mass is 10.1. The van der Waals surface area contributed by atoms with Gasteiger partial charge in [-0.15, -0.1) is 0 Å². The van der Waals surface area contributed by atoms with Crippen molar-refractivity contribution in [3.63, 3.8) is 0 Å². The summed E-state index contributed by atoms with van der Waals surface area (Å²) in [7, 11) is 0. The molecule has 0 bridgehead atoms. The van der Waals surface area contributed by atoms with E-state index in [1.807, 2.05) is 19.2 Å². The maximum atomic E-state index is 11.7. The SMILES string of the molecule is C/C=C(/CC(N)C(=O)NC(C)C(N)=O)N=CCCC. The highest BCUT2D eigenvalue weighted by Crippen LogP contribution is 2.06. The molecule has 0 radical (unpaired) electrons. The van der Waals surface area contributed by atoms with E-state index in [0.717, 1.165) is 18.5 Å². The third-order valence-electron chi connectivity index (χ3n) is 2.56. The Morgan fingerprint density at radius 2 is 2.05 bits per heavy atom. The molecule has 0 aromatic heterocycles. The van der Waals surface area contributed by atoms with Gasteiger partial charge in [0, 0.05) is 18.3 Å². The van der Waals surface area contributed by atoms with E-state index >= 15 is 0 Å². The number of carbonyl (C=O) groups is 2. The molecule has 19 heavy (non-hydrogen) atoms. The van der Waals surface area contributed by atoms with Gasteiger partial charge >= 0.3 is 0 Å². The van der Waals surface area contributed by atoms with E-state index in [1.165, 1.54) is 6.92 Å². The van der Waals surface area contributed by atoms with Crippen LogP contribution in [0.5, 0.6) is 0 Å². The highest BCUT2D eigenvalue weighted by molar-refractivity contribution is 5.88. The number of unbranched alkanes of at least 4 members (excludes halogenated alkanes) is 1. The maximum Gasteiger partial charge on any atom is 0.239 e. The van der Waals surface area contributed by atoms with Gasteiger partial charge in [0.15, 0.2) is 0 Å². The molecule has 0 rings (SSSR count). The van der Waals surface area contributed by atoms with Crippen LogP contribution in [0.4, 0.5) is 0 Å². The lowest BCUT2D eigenvalue weighted by Crippen LogP contribution is -2.49. The van der Waals surface area contributed by atoms with Gasteiger partial charge in [0.05, 0.1) is 6.04 Å². The number of carbonyl (C=O) groups excluding carboxylic acids is 2. The van der Waals surface area contributed by atoms with Crippen LogP contribution in [0.1, 0.15) is 40.0 Å². The Bertz CT molecular complexity index is 364. The number of amides is 2. The van der Waals surface area contributed by atoms with E-state index in [9.17, 15) is 9.59 Å². The standard InChI is InChI=1S/C13H24N4O2/c1-4-6-7-16-10(5-2)8-11(14)13(19)17-9(3)12(15)18/h5,7,9,11H,4,6,8,14H2,1-3H3,(H2,15,18)(H,17,19)/b10-5-,16-7?. The molecule has 0 fully saturated rings. The van der Waals surface area contributed by atoms with Crippen LogP contribution in [0, 0.1) is 0 Å². The van der Waals surface area contributed by atoms with Gasteiger partial charge in [-0.25, -0.2) is 0 Å². The first-order valence-corrected chi connectivity index (χ1v) is 6.45. The number of hydrogen-bond donors (Lipinski definition) is 3. The maximum absolute atomic E-state index is 11.7. The van der Waals surface area contributed by atoms with E-state index in [0.29, 0.717) is 6.42 Å². The molecule has 108 valence electrons. The summed E-state index contributed by atoms with van der Waals surface area (Å²) in [6.07, 6.45) is 5.86. The van der Waals surface area contributed by atoms with Crippen molar-refractivity contribution in [3.8, 4) is 0 Å². The number of allylic oxidation sites excluding steroid dienone is 1. The van der Waals surface area contributed by atoms with Crippen molar-refractivity contribution < 1.29 is 9.59 Å². The fraction of sp³-hybridized carbons (Fsp3) is 0.615. The lowest BCUT2D eigenvalue weighted by molar-refractivity contribution is -0.127. The van der Waals surface area contributed by atoms with Crippen LogP contribution in [0.2, 0.25) is 0 Å². The second kappa shape index (κ2) is 9.27. The van der Waals surface area contributed by atoms with Gasteiger partial charge in [0.1, 0.15) is 6.04 Å². The Morgan fingerprint density at radius 3 is 2.53 bits per heavy atom. The fourth-order valence-electron chi connectivity index (χ4n) is 1.27. The molecule has 0 aliphatic carbocycles. The molecule has 6 heteroatoms. The van der Waals surface area contributed by atoms with E-state index < -0.39 is 23.9 Å². The number of aliphatic imine (C=N–C) groups is 1.